The molecule has 0 unspecified atom stereocenters. The maximum absolute atomic E-state index is 12.6. The van der Waals surface area contributed by atoms with Crippen molar-refractivity contribution in [2.45, 2.75) is 19.0 Å². The molecule has 1 aliphatic carbocycles. The summed E-state index contributed by atoms with van der Waals surface area (Å²) in [6, 6.07) is 5.07. The van der Waals surface area contributed by atoms with Crippen LogP contribution >= 0.6 is 0 Å². The number of hydrazone groups is 1. The molecule has 0 spiro atoms. The highest BCUT2D eigenvalue weighted by molar-refractivity contribution is 5.85. The Hall–Kier alpha value is -1.85. The smallest absolute Gasteiger partial charge is 0.273 e. The molecule has 1 N–H and O–H groups in total. The first-order chi connectivity index (χ1) is 8.48. The van der Waals surface area contributed by atoms with Crippen LogP contribution in [0.3, 0.4) is 0 Å². The molecule has 0 heterocycles. The number of alkyl halides is 3. The van der Waals surface area contributed by atoms with Gasteiger partial charge >= 0.3 is 6.18 Å². The number of nitrogens with zero attached hydrogens (tertiary/aromatic N) is 1. The van der Waals surface area contributed by atoms with Gasteiger partial charge in [-0.3, -0.25) is 4.79 Å². The topological polar surface area (TPSA) is 41.5 Å². The van der Waals surface area contributed by atoms with Gasteiger partial charge in [0.25, 0.3) is 0 Å². The van der Waals surface area contributed by atoms with Crippen LogP contribution in [0.4, 0.5) is 13.2 Å². The van der Waals surface area contributed by atoms with Crippen molar-refractivity contribution in [2.75, 3.05) is 0 Å². The first-order valence-electron chi connectivity index (χ1n) is 5.47. The monoisotopic (exact) mass is 256 g/mol. The molecule has 0 saturated heterocycles. The summed E-state index contributed by atoms with van der Waals surface area (Å²) in [5, 5.41) is 3.55. The normalized spacial score (nSPS) is 15.9. The first-order valence-corrected chi connectivity index (χ1v) is 5.47. The van der Waals surface area contributed by atoms with E-state index in [-0.39, 0.29) is 17.4 Å². The van der Waals surface area contributed by atoms with E-state index in [1.807, 2.05) is 0 Å². The molecule has 2 rings (SSSR count). The highest BCUT2D eigenvalue weighted by atomic mass is 19.4. The van der Waals surface area contributed by atoms with Crippen molar-refractivity contribution >= 4 is 12.1 Å². The zero-order valence-electron chi connectivity index (χ0n) is 9.37. The maximum atomic E-state index is 12.6. The minimum absolute atomic E-state index is 0.0278. The summed E-state index contributed by atoms with van der Waals surface area (Å²) in [6.07, 6.45) is -1.77. The molecule has 1 aliphatic rings. The molecule has 18 heavy (non-hydrogen) atoms. The highest BCUT2D eigenvalue weighted by Crippen LogP contribution is 2.31. The zero-order valence-corrected chi connectivity index (χ0v) is 9.37. The lowest BCUT2D eigenvalue weighted by Gasteiger charge is -2.09. The molecule has 0 radical (unpaired) electrons. The van der Waals surface area contributed by atoms with Gasteiger partial charge in [-0.1, -0.05) is 18.2 Å². The SMILES string of the molecule is O=C(N/N=C\c1ccccc1C(F)(F)F)C1CC1. The van der Waals surface area contributed by atoms with Crippen LogP contribution in [0, 0.1) is 5.92 Å². The molecule has 0 bridgehead atoms. The predicted octanol–water partition coefficient (Wildman–Crippen LogP) is 2.57. The molecule has 96 valence electrons. The molecule has 0 atom stereocenters. The van der Waals surface area contributed by atoms with E-state index in [1.165, 1.54) is 18.2 Å². The Labute approximate surface area is 102 Å². The summed E-state index contributed by atoms with van der Waals surface area (Å²) in [4.78, 5) is 11.2. The molecule has 6 heteroatoms. The van der Waals surface area contributed by atoms with Crippen LogP contribution in [0.1, 0.15) is 24.0 Å². The summed E-state index contributed by atoms with van der Waals surface area (Å²) in [6.45, 7) is 0. The number of nitrogens with one attached hydrogen (secondary N) is 1. The van der Waals surface area contributed by atoms with Crippen LogP contribution < -0.4 is 5.43 Å². The predicted molar refractivity (Wildman–Crippen MR) is 59.9 cm³/mol. The molecule has 0 aromatic heterocycles. The Kier molecular flexibility index (Phi) is 3.36. The molecule has 1 saturated carbocycles. The molecule has 3 nitrogen and oxygen atoms in total. The summed E-state index contributed by atoms with van der Waals surface area (Å²) >= 11 is 0. The fourth-order valence-corrected chi connectivity index (χ4v) is 1.47. The van der Waals surface area contributed by atoms with E-state index in [4.69, 9.17) is 0 Å². The number of halogens is 3. The lowest BCUT2D eigenvalue weighted by molar-refractivity contribution is -0.137. The second-order valence-corrected chi connectivity index (χ2v) is 4.09. The fraction of sp³-hybridized carbons (Fsp3) is 0.333. The van der Waals surface area contributed by atoms with Gasteiger partial charge in [0.1, 0.15) is 0 Å². The molecule has 1 fully saturated rings. The van der Waals surface area contributed by atoms with E-state index in [1.54, 1.807) is 0 Å². The van der Waals surface area contributed by atoms with Gasteiger partial charge in [-0.05, 0) is 18.9 Å². The molecule has 1 amide bonds. The Balaban J connectivity index is 2.08. The minimum atomic E-state index is -4.43. The summed E-state index contributed by atoms with van der Waals surface area (Å²) in [5.74, 6) is -0.268. The molecule has 1 aromatic carbocycles. The van der Waals surface area contributed by atoms with Gasteiger partial charge in [-0.2, -0.15) is 18.3 Å². The van der Waals surface area contributed by atoms with E-state index in [0.717, 1.165) is 25.1 Å². The second-order valence-electron chi connectivity index (χ2n) is 4.09. The van der Waals surface area contributed by atoms with Crippen LogP contribution in [-0.2, 0) is 11.0 Å². The molecular weight excluding hydrogens is 245 g/mol. The second kappa shape index (κ2) is 4.80. The van der Waals surface area contributed by atoms with E-state index >= 15 is 0 Å². The Morgan fingerprint density at radius 3 is 2.61 bits per heavy atom. The van der Waals surface area contributed by atoms with Gasteiger partial charge in [0.05, 0.1) is 11.8 Å². The van der Waals surface area contributed by atoms with Crippen LogP contribution in [-0.4, -0.2) is 12.1 Å². The van der Waals surface area contributed by atoms with Gasteiger partial charge < -0.3 is 0 Å². The number of hydrogen-bond donors (Lipinski definition) is 1. The number of amides is 1. The Bertz CT molecular complexity index is 478. The van der Waals surface area contributed by atoms with Crippen molar-refractivity contribution in [3.8, 4) is 0 Å². The average molecular weight is 256 g/mol. The Morgan fingerprint density at radius 1 is 1.33 bits per heavy atom. The van der Waals surface area contributed by atoms with E-state index in [2.05, 4.69) is 10.5 Å². The van der Waals surface area contributed by atoms with Crippen molar-refractivity contribution < 1.29 is 18.0 Å². The minimum Gasteiger partial charge on any atom is -0.273 e. The van der Waals surface area contributed by atoms with Crippen molar-refractivity contribution in [1.29, 1.82) is 0 Å². The average Bonchev–Trinajstić information content (AvgIpc) is 3.12. The fourth-order valence-electron chi connectivity index (χ4n) is 1.47. The largest absolute Gasteiger partial charge is 0.417 e. The maximum Gasteiger partial charge on any atom is 0.417 e. The van der Waals surface area contributed by atoms with Gasteiger partial charge in [-0.15, -0.1) is 0 Å². The number of carbonyl (C=O) groups is 1. The van der Waals surface area contributed by atoms with Crippen molar-refractivity contribution in [1.82, 2.24) is 5.43 Å². The van der Waals surface area contributed by atoms with Crippen LogP contribution in [0.2, 0.25) is 0 Å². The van der Waals surface area contributed by atoms with Crippen LogP contribution in [0.5, 0.6) is 0 Å². The van der Waals surface area contributed by atoms with Crippen molar-refractivity contribution in [3.05, 3.63) is 35.4 Å². The third kappa shape index (κ3) is 3.09. The number of benzene rings is 1. The number of hydrogen-bond acceptors (Lipinski definition) is 2. The number of rotatable bonds is 3. The van der Waals surface area contributed by atoms with E-state index < -0.39 is 11.7 Å². The lowest BCUT2D eigenvalue weighted by atomic mass is 10.1. The van der Waals surface area contributed by atoms with Crippen molar-refractivity contribution in [3.63, 3.8) is 0 Å². The standard InChI is InChI=1S/C12H11F3N2O/c13-12(14,15)10-4-2-1-3-9(10)7-16-17-11(18)8-5-6-8/h1-4,7-8H,5-6H2,(H,17,18)/b16-7-. The van der Waals surface area contributed by atoms with E-state index in [0.29, 0.717) is 0 Å². The third-order valence-electron chi connectivity index (χ3n) is 2.59. The third-order valence-corrected chi connectivity index (χ3v) is 2.59. The van der Waals surface area contributed by atoms with Crippen LogP contribution in [0.15, 0.2) is 29.4 Å². The molecular formula is C12H11F3N2O. The van der Waals surface area contributed by atoms with Gasteiger partial charge in [-0.25, -0.2) is 5.43 Å². The van der Waals surface area contributed by atoms with Gasteiger partial charge in [0.15, 0.2) is 0 Å². The zero-order chi connectivity index (χ0) is 13.2. The van der Waals surface area contributed by atoms with E-state index in [9.17, 15) is 18.0 Å². The summed E-state index contributed by atoms with van der Waals surface area (Å²) in [5.41, 5.74) is 1.40. The summed E-state index contributed by atoms with van der Waals surface area (Å²) < 4.78 is 37.9. The molecule has 1 aromatic rings. The van der Waals surface area contributed by atoms with Crippen LogP contribution in [0.25, 0.3) is 0 Å². The van der Waals surface area contributed by atoms with Gasteiger partial charge in [0, 0.05) is 11.5 Å². The summed E-state index contributed by atoms with van der Waals surface area (Å²) in [7, 11) is 0. The molecule has 0 aliphatic heterocycles. The number of carbonyl (C=O) groups excluding carboxylic acids is 1. The quantitative estimate of drug-likeness (QED) is 0.655. The Morgan fingerprint density at radius 2 is 2.00 bits per heavy atom. The van der Waals surface area contributed by atoms with Gasteiger partial charge in [0.2, 0.25) is 5.91 Å². The highest BCUT2D eigenvalue weighted by Gasteiger charge is 2.32. The lowest BCUT2D eigenvalue weighted by Crippen LogP contribution is -2.19. The first kappa shape index (κ1) is 12.6. The van der Waals surface area contributed by atoms with Crippen molar-refractivity contribution in [2.24, 2.45) is 11.0 Å².